The van der Waals surface area contributed by atoms with Gasteiger partial charge in [-0.2, -0.15) is 0 Å². The molecule has 0 aromatic heterocycles. The Bertz CT molecular complexity index is 134. The summed E-state index contributed by atoms with van der Waals surface area (Å²) in [5, 5.41) is 19.3. The van der Waals surface area contributed by atoms with Crippen molar-refractivity contribution in [1.82, 2.24) is 0 Å². The van der Waals surface area contributed by atoms with Crippen molar-refractivity contribution in [2.75, 3.05) is 0 Å². The molecule has 0 spiro atoms. The molecule has 1 atom stereocenters. The number of hydrogen-bond acceptors (Lipinski definition) is 1. The Balaban J connectivity index is 3.17. The monoisotopic (exact) mass is 187 g/mol. The van der Waals surface area contributed by atoms with E-state index in [4.69, 9.17) is 5.11 Å². The Morgan fingerprint density at radius 1 is 1.23 bits per heavy atom. The van der Waals surface area contributed by atoms with Crippen LogP contribution in [0, 0.1) is 0 Å². The SMILES string of the molecule is CCCCCCCC([O])CC(=O)O. The van der Waals surface area contributed by atoms with Crippen LogP contribution in [0.15, 0.2) is 0 Å². The van der Waals surface area contributed by atoms with Gasteiger partial charge in [-0.25, -0.2) is 5.11 Å². The molecule has 0 saturated heterocycles. The molecule has 0 fully saturated rings. The molecule has 0 aromatic carbocycles. The van der Waals surface area contributed by atoms with Crippen molar-refractivity contribution in [2.45, 2.75) is 58.0 Å². The van der Waals surface area contributed by atoms with E-state index in [0.29, 0.717) is 6.42 Å². The first kappa shape index (κ1) is 12.4. The molecule has 0 heterocycles. The molecule has 0 aliphatic carbocycles. The van der Waals surface area contributed by atoms with Gasteiger partial charge in [0.15, 0.2) is 0 Å². The Morgan fingerprint density at radius 2 is 1.85 bits per heavy atom. The highest BCUT2D eigenvalue weighted by Gasteiger charge is 2.10. The van der Waals surface area contributed by atoms with E-state index in [0.717, 1.165) is 19.3 Å². The Labute approximate surface area is 79.8 Å². The fourth-order valence-electron chi connectivity index (χ4n) is 1.27. The van der Waals surface area contributed by atoms with Crippen LogP contribution in [0.5, 0.6) is 0 Å². The number of unbranched alkanes of at least 4 members (excludes halogenated alkanes) is 4. The van der Waals surface area contributed by atoms with Crippen LogP contribution in [0.4, 0.5) is 0 Å². The molecule has 0 rings (SSSR count). The molecule has 3 heteroatoms. The maximum Gasteiger partial charge on any atom is 0.306 e. The van der Waals surface area contributed by atoms with E-state index < -0.39 is 12.1 Å². The highest BCUT2D eigenvalue weighted by atomic mass is 16.4. The van der Waals surface area contributed by atoms with Gasteiger partial charge in [-0.05, 0) is 6.42 Å². The zero-order chi connectivity index (χ0) is 10.1. The van der Waals surface area contributed by atoms with E-state index in [1.54, 1.807) is 0 Å². The van der Waals surface area contributed by atoms with Crippen LogP contribution in [0.25, 0.3) is 0 Å². The third kappa shape index (κ3) is 9.34. The highest BCUT2D eigenvalue weighted by Crippen LogP contribution is 2.09. The van der Waals surface area contributed by atoms with Gasteiger partial charge >= 0.3 is 5.97 Å². The fourth-order valence-corrected chi connectivity index (χ4v) is 1.27. The zero-order valence-corrected chi connectivity index (χ0v) is 8.29. The van der Waals surface area contributed by atoms with Crippen molar-refractivity contribution in [3.63, 3.8) is 0 Å². The summed E-state index contributed by atoms with van der Waals surface area (Å²) >= 11 is 0. The summed E-state index contributed by atoms with van der Waals surface area (Å²) in [5.74, 6) is -0.978. The first-order chi connectivity index (χ1) is 6.16. The third-order valence-electron chi connectivity index (χ3n) is 2.03. The van der Waals surface area contributed by atoms with Crippen LogP contribution in [-0.4, -0.2) is 17.2 Å². The Kier molecular flexibility index (Phi) is 7.69. The molecule has 1 N–H and O–H groups in total. The number of carboxylic acid groups (broad SMARTS) is 1. The van der Waals surface area contributed by atoms with Crippen molar-refractivity contribution < 1.29 is 15.0 Å². The van der Waals surface area contributed by atoms with Crippen molar-refractivity contribution in [2.24, 2.45) is 0 Å². The van der Waals surface area contributed by atoms with Gasteiger partial charge in [0.05, 0.1) is 6.42 Å². The van der Waals surface area contributed by atoms with Gasteiger partial charge in [-0.3, -0.25) is 4.79 Å². The van der Waals surface area contributed by atoms with Crippen LogP contribution in [0.1, 0.15) is 51.9 Å². The predicted octanol–water partition coefficient (Wildman–Crippen LogP) is 2.62. The van der Waals surface area contributed by atoms with Crippen LogP contribution < -0.4 is 0 Å². The average Bonchev–Trinajstić information content (AvgIpc) is 2.02. The summed E-state index contributed by atoms with van der Waals surface area (Å²) in [6.45, 7) is 2.14. The summed E-state index contributed by atoms with van der Waals surface area (Å²) in [6, 6.07) is 0. The van der Waals surface area contributed by atoms with Crippen LogP contribution in [0.3, 0.4) is 0 Å². The largest absolute Gasteiger partial charge is 0.481 e. The third-order valence-corrected chi connectivity index (χ3v) is 2.03. The lowest BCUT2D eigenvalue weighted by Crippen LogP contribution is -2.10. The normalized spacial score (nSPS) is 12.8. The van der Waals surface area contributed by atoms with E-state index in [-0.39, 0.29) is 6.42 Å². The van der Waals surface area contributed by atoms with Gasteiger partial charge in [0.25, 0.3) is 0 Å². The van der Waals surface area contributed by atoms with Crippen LogP contribution >= 0.6 is 0 Å². The zero-order valence-electron chi connectivity index (χ0n) is 8.29. The summed E-state index contributed by atoms with van der Waals surface area (Å²) in [6.07, 6.45) is 4.88. The molecule has 0 saturated carbocycles. The topological polar surface area (TPSA) is 57.2 Å². The number of carboxylic acids is 1. The molecular formula is C10H19O3. The van der Waals surface area contributed by atoms with Gasteiger partial charge in [-0.15, -0.1) is 0 Å². The van der Waals surface area contributed by atoms with Gasteiger partial charge in [0.2, 0.25) is 0 Å². The molecular weight excluding hydrogens is 168 g/mol. The van der Waals surface area contributed by atoms with E-state index in [9.17, 15) is 9.90 Å². The minimum Gasteiger partial charge on any atom is -0.481 e. The van der Waals surface area contributed by atoms with E-state index in [2.05, 4.69) is 6.92 Å². The molecule has 0 aliphatic heterocycles. The molecule has 3 nitrogen and oxygen atoms in total. The number of rotatable bonds is 8. The van der Waals surface area contributed by atoms with E-state index >= 15 is 0 Å². The quantitative estimate of drug-likeness (QED) is 0.594. The number of carbonyl (C=O) groups is 1. The summed E-state index contributed by atoms with van der Waals surface area (Å²) < 4.78 is 0. The fraction of sp³-hybridized carbons (Fsp3) is 0.900. The standard InChI is InChI=1S/C10H19O3/c1-2-3-4-5-6-7-9(11)8-10(12)13/h9H,2-8H2,1H3,(H,12,13). The molecule has 1 unspecified atom stereocenters. The second-order valence-electron chi connectivity index (χ2n) is 3.42. The smallest absolute Gasteiger partial charge is 0.306 e. The van der Waals surface area contributed by atoms with Crippen molar-refractivity contribution in [3.05, 3.63) is 0 Å². The minimum absolute atomic E-state index is 0.228. The van der Waals surface area contributed by atoms with Crippen LogP contribution in [-0.2, 0) is 9.90 Å². The summed E-state index contributed by atoms with van der Waals surface area (Å²) in [7, 11) is 0. The maximum atomic E-state index is 11.0. The molecule has 0 bridgehead atoms. The maximum absolute atomic E-state index is 11.0. The summed E-state index contributed by atoms with van der Waals surface area (Å²) in [5.41, 5.74) is 0. The first-order valence-electron chi connectivity index (χ1n) is 5.04. The molecule has 0 amide bonds. The second kappa shape index (κ2) is 8.05. The van der Waals surface area contributed by atoms with E-state index in [1.807, 2.05) is 0 Å². The van der Waals surface area contributed by atoms with Gasteiger partial charge in [0.1, 0.15) is 6.10 Å². The predicted molar refractivity (Wildman–Crippen MR) is 50.1 cm³/mol. The van der Waals surface area contributed by atoms with Crippen molar-refractivity contribution >= 4 is 5.97 Å². The molecule has 0 aromatic rings. The molecule has 1 radical (unpaired) electrons. The lowest BCUT2D eigenvalue weighted by Gasteiger charge is -2.04. The average molecular weight is 187 g/mol. The number of hydrogen-bond donors (Lipinski definition) is 1. The van der Waals surface area contributed by atoms with Crippen LogP contribution in [0.2, 0.25) is 0 Å². The first-order valence-corrected chi connectivity index (χ1v) is 5.04. The lowest BCUT2D eigenvalue weighted by atomic mass is 10.1. The number of aliphatic carboxylic acids is 1. The summed E-state index contributed by atoms with van der Waals surface area (Å²) in [4.78, 5) is 10.1. The van der Waals surface area contributed by atoms with Gasteiger partial charge in [-0.1, -0.05) is 39.0 Å². The highest BCUT2D eigenvalue weighted by molar-refractivity contribution is 5.67. The molecule has 13 heavy (non-hydrogen) atoms. The van der Waals surface area contributed by atoms with E-state index in [1.165, 1.54) is 12.8 Å². The Hall–Kier alpha value is -0.570. The Morgan fingerprint density at radius 3 is 2.38 bits per heavy atom. The lowest BCUT2D eigenvalue weighted by molar-refractivity contribution is -0.140. The van der Waals surface area contributed by atoms with Gasteiger partial charge in [0, 0.05) is 0 Å². The minimum atomic E-state index is -0.978. The van der Waals surface area contributed by atoms with Crippen molar-refractivity contribution in [1.29, 1.82) is 0 Å². The van der Waals surface area contributed by atoms with Gasteiger partial charge < -0.3 is 5.11 Å². The molecule has 77 valence electrons. The second-order valence-corrected chi connectivity index (χ2v) is 3.42. The van der Waals surface area contributed by atoms with Crippen molar-refractivity contribution in [3.8, 4) is 0 Å². The molecule has 0 aliphatic rings.